The maximum absolute atomic E-state index is 12.8. The van der Waals surface area contributed by atoms with Crippen molar-refractivity contribution in [1.82, 2.24) is 0 Å². The van der Waals surface area contributed by atoms with Crippen LogP contribution < -0.4 is 4.90 Å². The number of hydrogen-bond acceptors (Lipinski definition) is 2. The van der Waals surface area contributed by atoms with Gasteiger partial charge in [-0.2, -0.15) is 24.9 Å². The Hall–Kier alpha value is -0.840. The van der Waals surface area contributed by atoms with Crippen molar-refractivity contribution in [3.8, 4) is 0 Å². The van der Waals surface area contributed by atoms with Crippen molar-refractivity contribution in [1.29, 1.82) is 0 Å². The zero-order chi connectivity index (χ0) is 12.5. The molecule has 5 heteroatoms. The lowest BCUT2D eigenvalue weighted by Gasteiger charge is -2.29. The molecule has 0 atom stereocenters. The summed E-state index contributed by atoms with van der Waals surface area (Å²) in [6, 6.07) is 4.60. The van der Waals surface area contributed by atoms with Crippen molar-refractivity contribution in [3.05, 3.63) is 29.3 Å². The summed E-state index contributed by atoms with van der Waals surface area (Å²) in [5.41, 5.74) is 0.448. The van der Waals surface area contributed by atoms with Gasteiger partial charge in [0.05, 0.1) is 5.56 Å². The van der Waals surface area contributed by atoms with E-state index >= 15 is 0 Å². The molecule has 0 bridgehead atoms. The number of anilines is 1. The SMILES string of the molecule is Cc1ccc(N2CCSCC2)cc1C(F)(F)F. The third-order valence-corrected chi connectivity index (χ3v) is 3.85. The Morgan fingerprint density at radius 2 is 1.82 bits per heavy atom. The van der Waals surface area contributed by atoms with Crippen LogP contribution in [0.2, 0.25) is 0 Å². The summed E-state index contributed by atoms with van der Waals surface area (Å²) in [4.78, 5) is 2.02. The predicted molar refractivity (Wildman–Crippen MR) is 65.7 cm³/mol. The molecule has 0 unspecified atom stereocenters. The first-order valence-corrected chi connectivity index (χ1v) is 6.64. The van der Waals surface area contributed by atoms with E-state index in [0.29, 0.717) is 5.69 Å². The van der Waals surface area contributed by atoms with Crippen LogP contribution in [0.3, 0.4) is 0 Å². The summed E-state index contributed by atoms with van der Waals surface area (Å²) in [6.07, 6.45) is -4.26. The summed E-state index contributed by atoms with van der Waals surface area (Å²) in [6.45, 7) is 3.15. The average Bonchev–Trinajstić information content (AvgIpc) is 2.29. The van der Waals surface area contributed by atoms with Crippen LogP contribution in [-0.2, 0) is 6.18 Å². The van der Waals surface area contributed by atoms with Gasteiger partial charge in [-0.1, -0.05) is 6.07 Å². The van der Waals surface area contributed by atoms with E-state index in [1.54, 1.807) is 12.1 Å². The van der Waals surface area contributed by atoms with E-state index in [-0.39, 0.29) is 5.56 Å². The topological polar surface area (TPSA) is 3.24 Å². The Kier molecular flexibility index (Phi) is 3.56. The molecule has 17 heavy (non-hydrogen) atoms. The Morgan fingerprint density at radius 3 is 2.41 bits per heavy atom. The van der Waals surface area contributed by atoms with Crippen LogP contribution in [0.25, 0.3) is 0 Å². The summed E-state index contributed by atoms with van der Waals surface area (Å²) >= 11 is 1.84. The van der Waals surface area contributed by atoms with Gasteiger partial charge >= 0.3 is 6.18 Å². The Bertz CT molecular complexity index is 397. The number of halogens is 3. The number of aryl methyl sites for hydroxylation is 1. The molecule has 0 amide bonds. The molecule has 0 N–H and O–H groups in total. The lowest BCUT2D eigenvalue weighted by molar-refractivity contribution is -0.138. The van der Waals surface area contributed by atoms with Crippen molar-refractivity contribution < 1.29 is 13.2 Å². The Morgan fingerprint density at radius 1 is 1.18 bits per heavy atom. The van der Waals surface area contributed by atoms with Crippen molar-refractivity contribution in [2.24, 2.45) is 0 Å². The van der Waals surface area contributed by atoms with Crippen molar-refractivity contribution in [2.75, 3.05) is 29.5 Å². The number of thioether (sulfide) groups is 1. The van der Waals surface area contributed by atoms with E-state index in [0.717, 1.165) is 24.6 Å². The molecule has 0 radical (unpaired) electrons. The second-order valence-corrected chi connectivity index (χ2v) is 5.32. The van der Waals surface area contributed by atoms with Crippen molar-refractivity contribution in [3.63, 3.8) is 0 Å². The van der Waals surface area contributed by atoms with Gasteiger partial charge in [0.15, 0.2) is 0 Å². The van der Waals surface area contributed by atoms with Gasteiger partial charge in [0.2, 0.25) is 0 Å². The highest BCUT2D eigenvalue weighted by Gasteiger charge is 2.32. The summed E-state index contributed by atoms with van der Waals surface area (Å²) in [7, 11) is 0. The second-order valence-electron chi connectivity index (χ2n) is 4.10. The number of hydrogen-bond donors (Lipinski definition) is 0. The van der Waals surface area contributed by atoms with E-state index in [4.69, 9.17) is 0 Å². The van der Waals surface area contributed by atoms with Gasteiger partial charge in [-0.15, -0.1) is 0 Å². The molecule has 0 aromatic heterocycles. The van der Waals surface area contributed by atoms with Gasteiger partial charge < -0.3 is 4.90 Å². The fourth-order valence-electron chi connectivity index (χ4n) is 1.93. The Labute approximate surface area is 103 Å². The molecule has 1 aliphatic rings. The summed E-state index contributed by atoms with van der Waals surface area (Å²) in [5.74, 6) is 1.96. The van der Waals surface area contributed by atoms with E-state index in [1.807, 2.05) is 16.7 Å². The monoisotopic (exact) mass is 261 g/mol. The zero-order valence-corrected chi connectivity index (χ0v) is 10.4. The molecule has 2 rings (SSSR count). The minimum Gasteiger partial charge on any atom is -0.370 e. The molecule has 1 heterocycles. The van der Waals surface area contributed by atoms with Crippen molar-refractivity contribution in [2.45, 2.75) is 13.1 Å². The van der Waals surface area contributed by atoms with Crippen LogP contribution in [0, 0.1) is 6.92 Å². The lowest BCUT2D eigenvalue weighted by Crippen LogP contribution is -2.32. The molecule has 1 fully saturated rings. The normalized spacial score (nSPS) is 17.3. The van der Waals surface area contributed by atoms with Crippen LogP contribution in [0.5, 0.6) is 0 Å². The highest BCUT2D eigenvalue weighted by molar-refractivity contribution is 7.99. The summed E-state index contributed by atoms with van der Waals surface area (Å²) in [5, 5.41) is 0. The number of rotatable bonds is 1. The van der Waals surface area contributed by atoms with Gasteiger partial charge in [0.25, 0.3) is 0 Å². The largest absolute Gasteiger partial charge is 0.416 e. The Balaban J connectivity index is 2.30. The van der Waals surface area contributed by atoms with Gasteiger partial charge in [-0.25, -0.2) is 0 Å². The lowest BCUT2D eigenvalue weighted by atomic mass is 10.1. The second kappa shape index (κ2) is 4.80. The smallest absolute Gasteiger partial charge is 0.370 e. The molecular formula is C12H14F3NS. The molecule has 1 nitrogen and oxygen atoms in total. The number of alkyl halides is 3. The quantitative estimate of drug-likeness (QED) is 0.760. The van der Waals surface area contributed by atoms with Gasteiger partial charge in [-0.3, -0.25) is 0 Å². The summed E-state index contributed by atoms with van der Waals surface area (Å²) < 4.78 is 38.3. The van der Waals surface area contributed by atoms with Crippen LogP contribution >= 0.6 is 11.8 Å². The van der Waals surface area contributed by atoms with Crippen LogP contribution in [0.1, 0.15) is 11.1 Å². The van der Waals surface area contributed by atoms with E-state index < -0.39 is 11.7 Å². The maximum Gasteiger partial charge on any atom is 0.416 e. The van der Waals surface area contributed by atoms with Crippen LogP contribution in [0.15, 0.2) is 18.2 Å². The third kappa shape index (κ3) is 2.89. The first kappa shape index (κ1) is 12.6. The fourth-order valence-corrected chi connectivity index (χ4v) is 2.84. The van der Waals surface area contributed by atoms with Crippen LogP contribution in [0.4, 0.5) is 18.9 Å². The molecule has 1 aromatic carbocycles. The number of benzene rings is 1. The molecule has 94 valence electrons. The van der Waals surface area contributed by atoms with E-state index in [1.165, 1.54) is 13.0 Å². The van der Waals surface area contributed by atoms with E-state index in [9.17, 15) is 13.2 Å². The maximum atomic E-state index is 12.8. The molecule has 0 spiro atoms. The van der Waals surface area contributed by atoms with Gasteiger partial charge in [0.1, 0.15) is 0 Å². The van der Waals surface area contributed by atoms with E-state index in [2.05, 4.69) is 0 Å². The highest BCUT2D eigenvalue weighted by atomic mass is 32.2. The highest BCUT2D eigenvalue weighted by Crippen LogP contribution is 2.34. The minimum atomic E-state index is -4.26. The standard InChI is InChI=1S/C12H14F3NS/c1-9-2-3-10(8-11(9)12(13,14)15)16-4-6-17-7-5-16/h2-3,8H,4-7H2,1H3. The molecular weight excluding hydrogens is 247 g/mol. The molecule has 0 saturated carbocycles. The molecule has 1 aromatic rings. The third-order valence-electron chi connectivity index (χ3n) is 2.90. The molecule has 0 aliphatic carbocycles. The first-order chi connectivity index (χ1) is 7.98. The number of nitrogens with zero attached hydrogens (tertiary/aromatic N) is 1. The fraction of sp³-hybridized carbons (Fsp3) is 0.500. The van der Waals surface area contributed by atoms with Crippen molar-refractivity contribution >= 4 is 17.4 Å². The average molecular weight is 261 g/mol. The van der Waals surface area contributed by atoms with Crippen LogP contribution in [-0.4, -0.2) is 24.6 Å². The predicted octanol–water partition coefficient (Wildman–Crippen LogP) is 3.57. The molecule has 1 aliphatic heterocycles. The molecule has 1 saturated heterocycles. The van der Waals surface area contributed by atoms with Gasteiger partial charge in [0, 0.05) is 30.3 Å². The minimum absolute atomic E-state index is 0.285. The zero-order valence-electron chi connectivity index (χ0n) is 9.55. The van der Waals surface area contributed by atoms with Gasteiger partial charge in [-0.05, 0) is 24.6 Å². The first-order valence-electron chi connectivity index (χ1n) is 5.49.